The lowest BCUT2D eigenvalue weighted by atomic mass is 10.0. The summed E-state index contributed by atoms with van der Waals surface area (Å²) in [6.07, 6.45) is 1.35. The minimum atomic E-state index is -3.87. The first-order chi connectivity index (χ1) is 13.5. The molecule has 0 bridgehead atoms. The van der Waals surface area contributed by atoms with E-state index in [4.69, 9.17) is 23.1 Å². The summed E-state index contributed by atoms with van der Waals surface area (Å²) in [4.78, 5) is 0. The molecule has 0 amide bonds. The van der Waals surface area contributed by atoms with E-state index in [1.54, 1.807) is 33.8 Å². The summed E-state index contributed by atoms with van der Waals surface area (Å²) >= 11 is 0. The molecule has 29 heavy (non-hydrogen) atoms. The maximum Gasteiger partial charge on any atom is 0.272 e. The monoisotopic (exact) mass is 426 g/mol. The highest BCUT2D eigenvalue weighted by Gasteiger charge is 2.56. The molecule has 2 fully saturated rings. The van der Waals surface area contributed by atoms with Gasteiger partial charge in [-0.3, -0.25) is 4.18 Å². The topological polar surface area (TPSA) is 80.3 Å². The molecule has 0 saturated carbocycles. The van der Waals surface area contributed by atoms with Gasteiger partial charge >= 0.3 is 0 Å². The molecule has 0 aromatic heterocycles. The minimum absolute atomic E-state index is 0.178. The zero-order chi connectivity index (χ0) is 21.3. The van der Waals surface area contributed by atoms with Crippen LogP contribution in [0, 0.1) is 0 Å². The molecule has 0 aliphatic carbocycles. The quantitative estimate of drug-likeness (QED) is 0.467. The summed E-state index contributed by atoms with van der Waals surface area (Å²) in [6.45, 7) is 8.55. The van der Waals surface area contributed by atoms with E-state index >= 15 is 0 Å². The van der Waals surface area contributed by atoms with Crippen LogP contribution in [0.2, 0.25) is 0 Å². The number of fused-ring (bicyclic) bond motifs is 1. The summed E-state index contributed by atoms with van der Waals surface area (Å²) in [5, 5.41) is 0. The average molecular weight is 427 g/mol. The molecule has 2 saturated heterocycles. The zero-order valence-electron chi connectivity index (χ0n) is 17.5. The molecule has 1 aromatic rings. The first kappa shape index (κ1) is 22.2. The molecule has 7 nitrogen and oxygen atoms in total. The largest absolute Gasteiger partial charge is 0.493 e. The van der Waals surface area contributed by atoms with Crippen LogP contribution in [0.3, 0.4) is 0 Å². The fourth-order valence-electron chi connectivity index (χ4n) is 3.51. The Morgan fingerprint density at radius 1 is 1.17 bits per heavy atom. The molecule has 162 valence electrons. The van der Waals surface area contributed by atoms with Crippen LogP contribution in [-0.4, -0.2) is 50.2 Å². The van der Waals surface area contributed by atoms with E-state index in [1.165, 1.54) is 6.26 Å². The molecule has 2 aliphatic rings. The molecular weight excluding hydrogens is 396 g/mol. The molecule has 2 aliphatic heterocycles. The highest BCUT2D eigenvalue weighted by molar-refractivity contribution is 7.88. The van der Waals surface area contributed by atoms with Crippen LogP contribution in [0.25, 0.3) is 0 Å². The van der Waals surface area contributed by atoms with Gasteiger partial charge in [0.15, 0.2) is 24.3 Å². The Morgan fingerprint density at radius 2 is 1.86 bits per heavy atom. The lowest BCUT2D eigenvalue weighted by Crippen LogP contribution is -2.41. The van der Waals surface area contributed by atoms with Gasteiger partial charge in [0.2, 0.25) is 0 Å². The van der Waals surface area contributed by atoms with Crippen LogP contribution < -0.4 is 0 Å². The third-order valence-corrected chi connectivity index (χ3v) is 6.94. The van der Waals surface area contributed by atoms with Gasteiger partial charge in [0.05, 0.1) is 17.6 Å². The van der Waals surface area contributed by atoms with Crippen molar-refractivity contribution in [2.75, 3.05) is 6.61 Å². The van der Waals surface area contributed by atoms with Gasteiger partial charge < -0.3 is 18.9 Å². The van der Waals surface area contributed by atoms with E-state index in [-0.39, 0.29) is 6.61 Å². The predicted octanol–water partition coefficient (Wildman–Crippen LogP) is 3.15. The fourth-order valence-corrected chi connectivity index (χ4v) is 4.48. The number of benzene rings is 1. The van der Waals surface area contributed by atoms with Crippen molar-refractivity contribution in [3.8, 4) is 0 Å². The van der Waals surface area contributed by atoms with Gasteiger partial charge in [-0.2, -0.15) is 8.42 Å². The van der Waals surface area contributed by atoms with E-state index in [2.05, 4.69) is 0 Å². The smallest absolute Gasteiger partial charge is 0.272 e. The van der Waals surface area contributed by atoms with Crippen molar-refractivity contribution in [2.24, 2.45) is 0 Å². The lowest BCUT2D eigenvalue weighted by Gasteiger charge is -2.27. The van der Waals surface area contributed by atoms with Crippen molar-refractivity contribution in [3.63, 3.8) is 0 Å². The van der Waals surface area contributed by atoms with E-state index in [0.717, 1.165) is 5.56 Å². The van der Waals surface area contributed by atoms with Crippen LogP contribution in [0.4, 0.5) is 0 Å². The van der Waals surface area contributed by atoms with E-state index in [9.17, 15) is 8.42 Å². The van der Waals surface area contributed by atoms with E-state index < -0.39 is 45.3 Å². The molecule has 4 atom stereocenters. The Kier molecular flexibility index (Phi) is 6.41. The van der Waals surface area contributed by atoms with Crippen molar-refractivity contribution in [2.45, 2.75) is 76.2 Å². The zero-order valence-corrected chi connectivity index (χ0v) is 18.3. The Labute approximate surface area is 173 Å². The number of hydrogen-bond acceptors (Lipinski definition) is 7. The number of ether oxygens (including phenoxy) is 4. The minimum Gasteiger partial charge on any atom is -0.493 e. The molecule has 1 aromatic carbocycles. The third-order valence-electron chi connectivity index (χ3n) is 5.00. The molecule has 8 heteroatoms. The molecule has 0 unspecified atom stereocenters. The maximum atomic E-state index is 12.9. The average Bonchev–Trinajstić information content (AvgIpc) is 3.10. The molecule has 3 rings (SSSR count). The van der Waals surface area contributed by atoms with Gasteiger partial charge in [-0.05, 0) is 46.6 Å². The van der Waals surface area contributed by atoms with E-state index in [1.807, 2.05) is 37.3 Å². The van der Waals surface area contributed by atoms with Gasteiger partial charge in [-0.1, -0.05) is 36.4 Å². The highest BCUT2D eigenvalue weighted by atomic mass is 32.2. The summed E-state index contributed by atoms with van der Waals surface area (Å²) in [5.41, 5.74) is 0.926. The van der Waals surface area contributed by atoms with Crippen molar-refractivity contribution >= 4 is 10.1 Å². The Balaban J connectivity index is 1.67. The van der Waals surface area contributed by atoms with Gasteiger partial charge in [-0.15, -0.1) is 0 Å². The Morgan fingerprint density at radius 3 is 2.52 bits per heavy atom. The standard InChI is InChI=1S/C21H30O7S/c1-6-12-24-17-16(26-19-18(17)27-21(4,5)28-19)14-25-29(22,23)20(2,3)13-15-10-8-7-9-11-15/h6-12,16-19H,13-14H2,1-5H3/b12-6-/t16-,17+,18-,19-/m1/s1. The van der Waals surface area contributed by atoms with Crippen LogP contribution in [-0.2, 0) is 39.7 Å². The van der Waals surface area contributed by atoms with Crippen molar-refractivity contribution < 1.29 is 31.5 Å². The van der Waals surface area contributed by atoms with E-state index in [0.29, 0.717) is 6.42 Å². The van der Waals surface area contributed by atoms with Gasteiger partial charge in [-0.25, -0.2) is 0 Å². The maximum absolute atomic E-state index is 12.9. The third kappa shape index (κ3) is 5.00. The molecular formula is C21H30O7S. The highest BCUT2D eigenvalue weighted by Crippen LogP contribution is 2.39. The molecule has 0 radical (unpaired) electrons. The van der Waals surface area contributed by atoms with Crippen LogP contribution >= 0.6 is 0 Å². The number of allylic oxidation sites excluding steroid dienone is 1. The second kappa shape index (κ2) is 8.35. The normalized spacial score (nSPS) is 29.3. The lowest BCUT2D eigenvalue weighted by molar-refractivity contribution is -0.217. The Hall–Kier alpha value is -1.45. The Bertz CT molecular complexity index is 817. The van der Waals surface area contributed by atoms with Gasteiger partial charge in [0.1, 0.15) is 6.10 Å². The first-order valence-electron chi connectivity index (χ1n) is 9.75. The van der Waals surface area contributed by atoms with Crippen LogP contribution in [0.15, 0.2) is 42.7 Å². The number of hydrogen-bond donors (Lipinski definition) is 0. The summed E-state index contributed by atoms with van der Waals surface area (Å²) in [6, 6.07) is 9.46. The predicted molar refractivity (Wildman–Crippen MR) is 107 cm³/mol. The molecule has 0 spiro atoms. The van der Waals surface area contributed by atoms with Crippen molar-refractivity contribution in [1.82, 2.24) is 0 Å². The molecule has 2 heterocycles. The summed E-state index contributed by atoms with van der Waals surface area (Å²) in [5.74, 6) is -0.789. The molecule has 0 N–H and O–H groups in total. The number of rotatable bonds is 8. The summed E-state index contributed by atoms with van der Waals surface area (Å²) < 4.78 is 53.3. The van der Waals surface area contributed by atoms with Gasteiger partial charge in [0, 0.05) is 0 Å². The van der Waals surface area contributed by atoms with Crippen molar-refractivity contribution in [1.29, 1.82) is 0 Å². The SMILES string of the molecule is C/C=C\O[C@@H]1[C@H]2OC(C)(C)O[C@H]2O[C@@H]1COS(=O)(=O)C(C)(C)Cc1ccccc1. The van der Waals surface area contributed by atoms with Gasteiger partial charge in [0.25, 0.3) is 10.1 Å². The fraction of sp³-hybridized carbons (Fsp3) is 0.619. The second-order valence-electron chi connectivity index (χ2n) is 8.37. The summed E-state index contributed by atoms with van der Waals surface area (Å²) in [7, 11) is -3.87. The first-order valence-corrected chi connectivity index (χ1v) is 11.2. The second-order valence-corrected chi connectivity index (χ2v) is 10.6. The van der Waals surface area contributed by atoms with Crippen molar-refractivity contribution in [3.05, 3.63) is 48.2 Å². The van der Waals surface area contributed by atoms with Crippen LogP contribution in [0.5, 0.6) is 0 Å². The van der Waals surface area contributed by atoms with Crippen LogP contribution in [0.1, 0.15) is 40.2 Å².